The first-order valence-corrected chi connectivity index (χ1v) is 0. The Morgan fingerprint density at radius 3 is 0.600 bits per heavy atom. The molecule has 33 valence electrons. The van der Waals surface area contributed by atoms with Gasteiger partial charge < -0.3 is 16.4 Å². The van der Waals surface area contributed by atoms with E-state index in [0.29, 0.717) is 0 Å². The summed E-state index contributed by atoms with van der Waals surface area (Å²) in [4.78, 5) is 0. The average Bonchev–Trinajstić information content (AvgIpc) is 0. The molecule has 0 bridgehead atoms. The third kappa shape index (κ3) is 34.3. The van der Waals surface area contributed by atoms with E-state index in [1.54, 1.807) is 0 Å². The van der Waals surface area contributed by atoms with E-state index in [-0.39, 0.29) is 59.7 Å². The Kier molecular flexibility index (Phi) is 1220. The minimum absolute atomic E-state index is 0. The van der Waals surface area contributed by atoms with Gasteiger partial charge in [0, 0.05) is 18.9 Å². The second-order valence-electron chi connectivity index (χ2n) is 0. The fourth-order valence-corrected chi connectivity index (χ4v) is 0. The van der Waals surface area contributed by atoms with Gasteiger partial charge in [0.25, 0.3) is 0 Å². The molecule has 5 heteroatoms. The summed E-state index contributed by atoms with van der Waals surface area (Å²) in [7, 11) is 0. The van der Waals surface area contributed by atoms with Crippen LogP contribution in [0.25, 0.3) is 0 Å². The first kappa shape index (κ1) is 105. The van der Waals surface area contributed by atoms with Crippen LogP contribution >= 0.6 is 0 Å². The van der Waals surface area contributed by atoms with Gasteiger partial charge in [-0.3, -0.25) is 0 Å². The molecule has 0 spiro atoms. The normalized spacial score (nSPS) is 0. The van der Waals surface area contributed by atoms with E-state index in [1.807, 2.05) is 0 Å². The zero-order valence-electron chi connectivity index (χ0n) is 3.21. The van der Waals surface area contributed by atoms with Crippen molar-refractivity contribution in [3.63, 3.8) is 0 Å². The zero-order valence-corrected chi connectivity index (χ0v) is 7.24. The second kappa shape index (κ2) is 58.2. The van der Waals surface area contributed by atoms with Crippen molar-refractivity contribution in [1.29, 1.82) is 0 Å². The molecule has 0 amide bonds. The molecule has 0 unspecified atom stereocenters. The van der Waals surface area contributed by atoms with Crippen LogP contribution < -0.4 is 0 Å². The van der Waals surface area contributed by atoms with Gasteiger partial charge in [-0.2, -0.15) is 0 Å². The summed E-state index contributed by atoms with van der Waals surface area (Å²) >= 11 is 0. The Bertz CT molecular complexity index is 6.85. The third-order valence-electron chi connectivity index (χ3n) is 0. The molecule has 0 aromatic heterocycles. The third-order valence-corrected chi connectivity index (χ3v) is 0. The predicted molar refractivity (Wildman–Crippen MR) is 26.5 cm³/mol. The standard InChI is InChI=1S/Li.3H2O.Sb.3H/h;3*1H2;;;;. The SMILES string of the molecule is O.O.O.[Li].[SbH3]. The molecule has 3 nitrogen and oxygen atoms in total. The summed E-state index contributed by atoms with van der Waals surface area (Å²) in [6.07, 6.45) is 0. The molecule has 0 rings (SSSR count). The summed E-state index contributed by atoms with van der Waals surface area (Å²) in [5.41, 5.74) is 0. The molecule has 0 saturated carbocycles. The first-order chi connectivity index (χ1) is 0. The van der Waals surface area contributed by atoms with E-state index in [2.05, 4.69) is 0 Å². The van der Waals surface area contributed by atoms with Gasteiger partial charge in [-0.15, -0.1) is 0 Å². The fourth-order valence-electron chi connectivity index (χ4n) is 0. The first-order valence-electron chi connectivity index (χ1n) is 0. The van der Waals surface area contributed by atoms with E-state index >= 15 is 0 Å². The Morgan fingerprint density at radius 2 is 0.600 bits per heavy atom. The van der Waals surface area contributed by atoms with Crippen LogP contribution in [0.4, 0.5) is 0 Å². The van der Waals surface area contributed by atoms with Gasteiger partial charge in [0.05, 0.1) is 0 Å². The van der Waals surface area contributed by atoms with Crippen LogP contribution in [0, 0.1) is 0 Å². The predicted octanol–water partition coefficient (Wildman–Crippen LogP) is -4.04. The van der Waals surface area contributed by atoms with Crippen LogP contribution in [0.1, 0.15) is 0 Å². The van der Waals surface area contributed by atoms with Gasteiger partial charge in [0.1, 0.15) is 0 Å². The van der Waals surface area contributed by atoms with Crippen molar-refractivity contribution in [2.24, 2.45) is 0 Å². The number of rotatable bonds is 0. The molecule has 0 aliphatic heterocycles. The van der Waals surface area contributed by atoms with Crippen molar-refractivity contribution in [2.45, 2.75) is 0 Å². The molecule has 0 aromatic rings. The van der Waals surface area contributed by atoms with Gasteiger partial charge in [0.15, 0.2) is 0 Å². The van der Waals surface area contributed by atoms with Crippen LogP contribution in [0.2, 0.25) is 0 Å². The van der Waals surface area contributed by atoms with Crippen LogP contribution in [0.3, 0.4) is 0 Å². The summed E-state index contributed by atoms with van der Waals surface area (Å²) in [5, 5.41) is 0. The summed E-state index contributed by atoms with van der Waals surface area (Å²) < 4.78 is 0. The van der Waals surface area contributed by atoms with Gasteiger partial charge in [0.2, 0.25) is 0 Å². The van der Waals surface area contributed by atoms with Crippen molar-refractivity contribution in [3.05, 3.63) is 0 Å². The Balaban J connectivity index is 0. The maximum atomic E-state index is 0. The van der Waals surface area contributed by atoms with Crippen molar-refractivity contribution in [3.8, 4) is 0 Å². The van der Waals surface area contributed by atoms with Crippen molar-refractivity contribution in [2.75, 3.05) is 0 Å². The van der Waals surface area contributed by atoms with Crippen LogP contribution in [0.5, 0.6) is 0 Å². The van der Waals surface area contributed by atoms with Crippen LogP contribution in [-0.4, -0.2) is 59.7 Å². The molecule has 0 saturated heterocycles. The molecule has 1 radical (unpaired) electrons. The van der Waals surface area contributed by atoms with Crippen molar-refractivity contribution >= 4 is 43.3 Å². The molecule has 0 aromatic carbocycles. The number of hydrogen-bond donors (Lipinski definition) is 0. The van der Waals surface area contributed by atoms with Crippen LogP contribution in [-0.2, 0) is 0 Å². The van der Waals surface area contributed by atoms with Gasteiger partial charge in [-0.05, 0) is 0 Å². The molecule has 5 heavy (non-hydrogen) atoms. The molecule has 0 aliphatic rings. The van der Waals surface area contributed by atoms with E-state index < -0.39 is 0 Å². The van der Waals surface area contributed by atoms with Crippen molar-refractivity contribution < 1.29 is 16.4 Å². The van der Waals surface area contributed by atoms with Crippen molar-refractivity contribution in [1.82, 2.24) is 0 Å². The molecular formula is H9LiO3Sb. The molecule has 0 aliphatic carbocycles. The molecular weight excluding hydrogens is 177 g/mol. The van der Waals surface area contributed by atoms with E-state index in [1.165, 1.54) is 0 Å². The topological polar surface area (TPSA) is 94.5 Å². The fraction of sp³-hybridized carbons (Fsp3) is 0. The monoisotopic (exact) mass is 185 g/mol. The Morgan fingerprint density at radius 1 is 0.600 bits per heavy atom. The van der Waals surface area contributed by atoms with Gasteiger partial charge in [-0.1, -0.05) is 0 Å². The summed E-state index contributed by atoms with van der Waals surface area (Å²) in [6, 6.07) is 0. The van der Waals surface area contributed by atoms with Gasteiger partial charge >= 0.3 is 24.4 Å². The molecule has 0 fully saturated rings. The van der Waals surface area contributed by atoms with E-state index in [9.17, 15) is 0 Å². The van der Waals surface area contributed by atoms with Crippen LogP contribution in [0.15, 0.2) is 0 Å². The average molecular weight is 186 g/mol. The summed E-state index contributed by atoms with van der Waals surface area (Å²) in [6.45, 7) is 0. The quantitative estimate of drug-likeness (QED) is 0.344. The molecule has 0 heterocycles. The molecule has 0 atom stereocenters. The maximum absolute atomic E-state index is 0. The van der Waals surface area contributed by atoms with E-state index in [4.69, 9.17) is 0 Å². The second-order valence-corrected chi connectivity index (χ2v) is 0. The van der Waals surface area contributed by atoms with Gasteiger partial charge in [-0.25, -0.2) is 0 Å². The Labute approximate surface area is 59.7 Å². The zero-order chi connectivity index (χ0) is 0. The number of hydrogen-bond acceptors (Lipinski definition) is 0. The Hall–Kier alpha value is 1.30. The minimum atomic E-state index is 0. The summed E-state index contributed by atoms with van der Waals surface area (Å²) in [5.74, 6) is 0. The van der Waals surface area contributed by atoms with E-state index in [0.717, 1.165) is 0 Å². The molecule has 6 N–H and O–H groups in total.